The number of imidazole rings is 1. The minimum Gasteiger partial charge on any atom is -0.336 e. The smallest absolute Gasteiger partial charge is 0.251 e. The van der Waals surface area contributed by atoms with Crippen molar-refractivity contribution >= 4 is 34.1 Å². The molecular weight excluding hydrogens is 479 g/mol. The van der Waals surface area contributed by atoms with Crippen molar-refractivity contribution in [3.8, 4) is 17.2 Å². The van der Waals surface area contributed by atoms with Crippen LogP contribution in [0.2, 0.25) is 5.02 Å². The third-order valence-electron chi connectivity index (χ3n) is 6.36. The van der Waals surface area contributed by atoms with Gasteiger partial charge < -0.3 is 9.13 Å². The molecule has 172 valence electrons. The molecule has 0 aliphatic rings. The van der Waals surface area contributed by atoms with Crippen LogP contribution in [0.15, 0.2) is 90.1 Å². The summed E-state index contributed by atoms with van der Waals surface area (Å²) in [6.07, 6.45) is 3.45. The predicted molar refractivity (Wildman–Crippen MR) is 140 cm³/mol. The molecule has 35 heavy (non-hydrogen) atoms. The first-order chi connectivity index (χ1) is 16.8. The SMILES string of the molecule is Cn1cncc1C(Cl)(c1ccc(C#N)cc1)c1ccc2c(c1)c(-c1cccc(Cl)c1)cc(=O)n2C. The Morgan fingerprint density at radius 2 is 1.71 bits per heavy atom. The first-order valence-electron chi connectivity index (χ1n) is 10.9. The molecule has 1 atom stereocenters. The summed E-state index contributed by atoms with van der Waals surface area (Å²) in [4.78, 5) is 16.0. The molecule has 0 amide bonds. The van der Waals surface area contributed by atoms with Crippen molar-refractivity contribution in [2.24, 2.45) is 14.1 Å². The first kappa shape index (κ1) is 22.9. The van der Waals surface area contributed by atoms with E-state index in [1.807, 2.05) is 60.1 Å². The normalized spacial score (nSPS) is 12.9. The number of nitriles is 1. The number of fused-ring (bicyclic) bond motifs is 1. The quantitative estimate of drug-likeness (QED) is 0.285. The molecule has 2 aromatic heterocycles. The Morgan fingerprint density at radius 3 is 2.37 bits per heavy atom. The molecule has 2 heterocycles. The summed E-state index contributed by atoms with van der Waals surface area (Å²) in [5, 5.41) is 10.7. The van der Waals surface area contributed by atoms with E-state index in [0.717, 1.165) is 38.9 Å². The average Bonchev–Trinajstić information content (AvgIpc) is 3.31. The van der Waals surface area contributed by atoms with E-state index in [1.165, 1.54) is 0 Å². The van der Waals surface area contributed by atoms with Crippen molar-refractivity contribution in [1.82, 2.24) is 14.1 Å². The molecular formula is C28H20Cl2N4O. The van der Waals surface area contributed by atoms with Crippen molar-refractivity contribution in [2.75, 3.05) is 0 Å². The Kier molecular flexibility index (Phi) is 5.72. The molecule has 0 aliphatic carbocycles. The number of alkyl halides is 1. The van der Waals surface area contributed by atoms with E-state index in [2.05, 4.69) is 11.1 Å². The van der Waals surface area contributed by atoms with Crippen molar-refractivity contribution in [3.05, 3.63) is 123 Å². The molecule has 5 aromatic rings. The maximum absolute atomic E-state index is 12.8. The maximum atomic E-state index is 12.8. The summed E-state index contributed by atoms with van der Waals surface area (Å²) in [6, 6.07) is 24.3. The number of halogens is 2. The van der Waals surface area contributed by atoms with Crippen LogP contribution in [0.25, 0.3) is 22.0 Å². The molecule has 0 aliphatic heterocycles. The molecule has 7 heteroatoms. The fourth-order valence-electron chi connectivity index (χ4n) is 4.50. The zero-order chi connectivity index (χ0) is 24.7. The highest BCUT2D eigenvalue weighted by atomic mass is 35.5. The molecule has 0 bridgehead atoms. The maximum Gasteiger partial charge on any atom is 0.251 e. The van der Waals surface area contributed by atoms with E-state index in [-0.39, 0.29) is 5.56 Å². The topological polar surface area (TPSA) is 63.6 Å². The lowest BCUT2D eigenvalue weighted by molar-refractivity contribution is 0.746. The van der Waals surface area contributed by atoms with Gasteiger partial charge in [0.2, 0.25) is 0 Å². The van der Waals surface area contributed by atoms with Crippen LogP contribution in [0.4, 0.5) is 0 Å². The van der Waals surface area contributed by atoms with E-state index in [0.29, 0.717) is 10.6 Å². The fourth-order valence-corrected chi connectivity index (χ4v) is 5.11. The minimum absolute atomic E-state index is 0.115. The molecule has 0 saturated carbocycles. The van der Waals surface area contributed by atoms with E-state index < -0.39 is 4.87 Å². The largest absolute Gasteiger partial charge is 0.336 e. The fraction of sp³-hybridized carbons (Fsp3) is 0.107. The molecule has 3 aromatic carbocycles. The Hall–Kier alpha value is -3.85. The molecule has 0 spiro atoms. The van der Waals surface area contributed by atoms with Crippen LogP contribution in [0.1, 0.15) is 22.4 Å². The lowest BCUT2D eigenvalue weighted by atomic mass is 9.85. The van der Waals surface area contributed by atoms with Crippen LogP contribution in [0.5, 0.6) is 0 Å². The van der Waals surface area contributed by atoms with Gasteiger partial charge in [0.05, 0.1) is 35.4 Å². The van der Waals surface area contributed by atoms with Crippen LogP contribution >= 0.6 is 23.2 Å². The van der Waals surface area contributed by atoms with Crippen LogP contribution in [0.3, 0.4) is 0 Å². The number of hydrogen-bond donors (Lipinski definition) is 0. The Balaban J connectivity index is 1.83. The predicted octanol–water partition coefficient (Wildman–Crippen LogP) is 5.99. The molecule has 0 N–H and O–H groups in total. The van der Waals surface area contributed by atoms with E-state index in [4.69, 9.17) is 23.2 Å². The number of aryl methyl sites for hydroxylation is 2. The second-order valence-electron chi connectivity index (χ2n) is 8.43. The van der Waals surface area contributed by atoms with Gasteiger partial charge in [-0.3, -0.25) is 4.79 Å². The van der Waals surface area contributed by atoms with Crippen molar-refractivity contribution in [2.45, 2.75) is 4.87 Å². The van der Waals surface area contributed by atoms with Crippen molar-refractivity contribution in [3.63, 3.8) is 0 Å². The standard InChI is InChI=1S/C28H20Cl2N4O/c1-33-17-32-16-26(33)28(30,20-8-6-18(15-31)7-9-20)21-10-11-25-24(13-21)23(14-27(35)34(25)2)19-4-3-5-22(29)12-19/h3-14,16-17H,1-2H3. The molecule has 5 rings (SSSR count). The summed E-state index contributed by atoms with van der Waals surface area (Å²) < 4.78 is 3.50. The lowest BCUT2D eigenvalue weighted by Crippen LogP contribution is -2.25. The van der Waals surface area contributed by atoms with Crippen molar-refractivity contribution in [1.29, 1.82) is 5.26 Å². The molecule has 5 nitrogen and oxygen atoms in total. The van der Waals surface area contributed by atoms with Crippen LogP contribution in [-0.2, 0) is 19.0 Å². The number of hydrogen-bond acceptors (Lipinski definition) is 3. The highest BCUT2D eigenvalue weighted by Gasteiger charge is 2.37. The number of aromatic nitrogens is 3. The van der Waals surface area contributed by atoms with E-state index in [9.17, 15) is 10.1 Å². The highest BCUT2D eigenvalue weighted by molar-refractivity contribution is 6.31. The summed E-state index contributed by atoms with van der Waals surface area (Å²) >= 11 is 13.8. The van der Waals surface area contributed by atoms with Crippen molar-refractivity contribution < 1.29 is 0 Å². The van der Waals surface area contributed by atoms with Gasteiger partial charge >= 0.3 is 0 Å². The van der Waals surface area contributed by atoms with Gasteiger partial charge in [-0.05, 0) is 58.7 Å². The average molecular weight is 499 g/mol. The first-order valence-corrected chi connectivity index (χ1v) is 11.6. The zero-order valence-electron chi connectivity index (χ0n) is 19.0. The number of rotatable bonds is 4. The van der Waals surface area contributed by atoms with Crippen LogP contribution < -0.4 is 5.56 Å². The van der Waals surface area contributed by atoms with Crippen LogP contribution in [0, 0.1) is 11.3 Å². The Morgan fingerprint density at radius 1 is 0.971 bits per heavy atom. The third-order valence-corrected chi connectivity index (χ3v) is 7.23. The molecule has 0 saturated heterocycles. The van der Waals surface area contributed by atoms with E-state index in [1.54, 1.807) is 48.4 Å². The van der Waals surface area contributed by atoms with Gasteiger partial charge in [0, 0.05) is 30.6 Å². The number of nitrogens with zero attached hydrogens (tertiary/aromatic N) is 4. The molecule has 1 unspecified atom stereocenters. The second kappa shape index (κ2) is 8.74. The monoisotopic (exact) mass is 498 g/mol. The minimum atomic E-state index is -1.09. The van der Waals surface area contributed by atoms with Gasteiger partial charge in [-0.2, -0.15) is 5.26 Å². The molecule has 0 fully saturated rings. The lowest BCUT2D eigenvalue weighted by Gasteiger charge is -2.29. The summed E-state index contributed by atoms with van der Waals surface area (Å²) in [7, 11) is 3.65. The third kappa shape index (κ3) is 3.81. The zero-order valence-corrected chi connectivity index (χ0v) is 20.5. The Labute approximate surface area is 212 Å². The van der Waals surface area contributed by atoms with Gasteiger partial charge in [-0.25, -0.2) is 4.98 Å². The summed E-state index contributed by atoms with van der Waals surface area (Å²) in [5.41, 5.74) is 5.22. The molecule has 0 radical (unpaired) electrons. The van der Waals surface area contributed by atoms with Gasteiger partial charge in [0.1, 0.15) is 4.87 Å². The van der Waals surface area contributed by atoms with Gasteiger partial charge in [-0.1, -0.05) is 41.9 Å². The summed E-state index contributed by atoms with van der Waals surface area (Å²) in [6.45, 7) is 0. The van der Waals surface area contributed by atoms with Gasteiger partial charge in [0.15, 0.2) is 0 Å². The summed E-state index contributed by atoms with van der Waals surface area (Å²) in [5.74, 6) is 0. The van der Waals surface area contributed by atoms with E-state index >= 15 is 0 Å². The highest BCUT2D eigenvalue weighted by Crippen LogP contribution is 2.44. The van der Waals surface area contributed by atoms with Gasteiger partial charge in [-0.15, -0.1) is 11.6 Å². The Bertz CT molecular complexity index is 1680. The number of benzene rings is 3. The van der Waals surface area contributed by atoms with Gasteiger partial charge in [0.25, 0.3) is 5.56 Å². The van der Waals surface area contributed by atoms with Crippen LogP contribution in [-0.4, -0.2) is 14.1 Å². The number of pyridine rings is 1. The second-order valence-corrected chi connectivity index (χ2v) is 9.44.